The Morgan fingerprint density at radius 1 is 0.974 bits per heavy atom. The van der Waals surface area contributed by atoms with Crippen molar-refractivity contribution in [3.8, 4) is 0 Å². The molecule has 214 valence electrons. The van der Waals surface area contributed by atoms with E-state index in [9.17, 15) is 18.0 Å². The number of alkyl halides is 3. The van der Waals surface area contributed by atoms with Crippen LogP contribution in [-0.2, 0) is 15.7 Å². The summed E-state index contributed by atoms with van der Waals surface area (Å²) in [6.07, 6.45) is 4.35. The van der Waals surface area contributed by atoms with Crippen molar-refractivity contribution < 1.29 is 22.7 Å². The number of carbonyl (C=O) groups excluding carboxylic acids is 1. The summed E-state index contributed by atoms with van der Waals surface area (Å²) in [5.41, 5.74) is 1.18. The van der Waals surface area contributed by atoms with E-state index in [4.69, 9.17) is 4.74 Å². The summed E-state index contributed by atoms with van der Waals surface area (Å²) in [4.78, 5) is 18.4. The summed E-state index contributed by atoms with van der Waals surface area (Å²) in [5.74, 6) is -0.0752. The molecule has 0 saturated carbocycles. The van der Waals surface area contributed by atoms with Crippen molar-refractivity contribution in [1.82, 2.24) is 4.90 Å². The van der Waals surface area contributed by atoms with E-state index in [1.807, 2.05) is 24.3 Å². The average molecular weight is 563 g/mol. The lowest BCUT2D eigenvalue weighted by molar-refractivity contribution is -0.144. The molecule has 0 N–H and O–H groups in total. The Morgan fingerprint density at radius 2 is 1.72 bits per heavy atom. The second kappa shape index (κ2) is 13.4. The van der Waals surface area contributed by atoms with Crippen LogP contribution in [0.5, 0.6) is 0 Å². The largest absolute Gasteiger partial charge is 0.466 e. The molecule has 0 spiro atoms. The second-order valence-corrected chi connectivity index (χ2v) is 12.3. The number of hydrogen-bond donors (Lipinski definition) is 0. The molecular weight excluding hydrogens is 521 g/mol. The van der Waals surface area contributed by atoms with Gasteiger partial charge in [-0.15, -0.1) is 0 Å². The molecule has 2 aromatic carbocycles. The Labute approximate surface area is 235 Å². The van der Waals surface area contributed by atoms with E-state index >= 15 is 0 Å². The Morgan fingerprint density at radius 3 is 2.46 bits per heavy atom. The van der Waals surface area contributed by atoms with Gasteiger partial charge in [-0.05, 0) is 87.5 Å². The first-order valence-corrected chi connectivity index (χ1v) is 15.1. The highest BCUT2D eigenvalue weighted by molar-refractivity contribution is 7.99. The van der Waals surface area contributed by atoms with Crippen LogP contribution >= 0.6 is 11.8 Å². The van der Waals surface area contributed by atoms with Gasteiger partial charge in [0.2, 0.25) is 0 Å². The van der Waals surface area contributed by atoms with Gasteiger partial charge in [0.1, 0.15) is 0 Å². The molecule has 0 amide bonds. The molecule has 2 aliphatic rings. The summed E-state index contributed by atoms with van der Waals surface area (Å²) in [6, 6.07) is 12.0. The summed E-state index contributed by atoms with van der Waals surface area (Å²) in [6.45, 7) is 8.49. The number of likely N-dealkylation sites (tertiary alicyclic amines) is 1. The lowest BCUT2D eigenvalue weighted by Gasteiger charge is -2.40. The first-order chi connectivity index (χ1) is 18.7. The van der Waals surface area contributed by atoms with E-state index in [1.165, 1.54) is 30.3 Å². The molecule has 0 unspecified atom stereocenters. The maximum atomic E-state index is 13.5. The van der Waals surface area contributed by atoms with E-state index in [0.29, 0.717) is 25.3 Å². The van der Waals surface area contributed by atoms with Gasteiger partial charge in [0, 0.05) is 22.8 Å². The summed E-state index contributed by atoms with van der Waals surface area (Å²) in [7, 11) is 0. The van der Waals surface area contributed by atoms with Gasteiger partial charge in [-0.25, -0.2) is 0 Å². The number of ether oxygens (including phenoxy) is 1. The minimum atomic E-state index is -4.37. The Bertz CT molecular complexity index is 1100. The minimum Gasteiger partial charge on any atom is -0.466 e. The SMILES string of the molecule is CCCCCCC(=O)OCCC1(C)CCN(CCCN2c3ccccc3Sc3ccc(C(F)(F)F)cc32)CC1. The third-order valence-electron chi connectivity index (χ3n) is 8.08. The van der Waals surface area contributed by atoms with Crippen molar-refractivity contribution in [2.24, 2.45) is 5.41 Å². The zero-order valence-corrected chi connectivity index (χ0v) is 24.0. The lowest BCUT2D eigenvalue weighted by atomic mass is 9.78. The number of esters is 1. The number of hydrogen-bond acceptors (Lipinski definition) is 5. The fourth-order valence-corrected chi connectivity index (χ4v) is 6.52. The van der Waals surface area contributed by atoms with Crippen molar-refractivity contribution in [1.29, 1.82) is 0 Å². The Balaban J connectivity index is 1.26. The van der Waals surface area contributed by atoms with Crippen molar-refractivity contribution in [2.75, 3.05) is 37.7 Å². The molecule has 0 aliphatic carbocycles. The molecular formula is C31H41F3N2O2S. The van der Waals surface area contributed by atoms with Gasteiger partial charge in [-0.1, -0.05) is 57.0 Å². The third kappa shape index (κ3) is 8.16. The number of unbranched alkanes of at least 4 members (excludes halogenated alkanes) is 3. The molecule has 0 aromatic heterocycles. The number of para-hydroxylation sites is 1. The standard InChI is InChI=1S/C31H41F3N2O2S/c1-3-4-5-6-12-29(37)38-22-17-30(2)15-20-35(21-16-30)18-9-19-36-25-10-7-8-11-27(25)39-28-14-13-24(23-26(28)36)31(32,33)34/h7-8,10-11,13-14,23H,3-6,9,12,15-22H2,1-2H3. The first kappa shape index (κ1) is 29.8. The van der Waals surface area contributed by atoms with Gasteiger partial charge in [0.05, 0.1) is 23.5 Å². The van der Waals surface area contributed by atoms with E-state index in [-0.39, 0.29) is 11.4 Å². The van der Waals surface area contributed by atoms with E-state index in [1.54, 1.807) is 6.07 Å². The predicted octanol–water partition coefficient (Wildman–Crippen LogP) is 8.70. The second-order valence-electron chi connectivity index (χ2n) is 11.2. The Hall–Kier alpha value is -2.19. The third-order valence-corrected chi connectivity index (χ3v) is 9.21. The lowest BCUT2D eigenvalue weighted by Crippen LogP contribution is -2.40. The van der Waals surface area contributed by atoms with Gasteiger partial charge in [0.15, 0.2) is 0 Å². The fraction of sp³-hybridized carbons (Fsp3) is 0.581. The summed E-state index contributed by atoms with van der Waals surface area (Å²) in [5, 5.41) is 0. The predicted molar refractivity (Wildman–Crippen MR) is 152 cm³/mol. The van der Waals surface area contributed by atoms with Crippen molar-refractivity contribution in [3.05, 3.63) is 48.0 Å². The van der Waals surface area contributed by atoms with Crippen LogP contribution in [0.3, 0.4) is 0 Å². The minimum absolute atomic E-state index is 0.0752. The normalized spacial score (nSPS) is 17.0. The monoisotopic (exact) mass is 562 g/mol. The zero-order valence-electron chi connectivity index (χ0n) is 23.2. The number of halogens is 3. The highest BCUT2D eigenvalue weighted by atomic mass is 32.2. The molecule has 0 bridgehead atoms. The van der Waals surface area contributed by atoms with Gasteiger partial charge in [-0.2, -0.15) is 13.2 Å². The number of benzene rings is 2. The van der Waals surface area contributed by atoms with Crippen LogP contribution < -0.4 is 4.90 Å². The van der Waals surface area contributed by atoms with Gasteiger partial charge < -0.3 is 14.5 Å². The number of carbonyl (C=O) groups is 1. The highest BCUT2D eigenvalue weighted by Crippen LogP contribution is 2.49. The topological polar surface area (TPSA) is 32.8 Å². The summed E-state index contributed by atoms with van der Waals surface area (Å²) < 4.78 is 45.9. The van der Waals surface area contributed by atoms with E-state index < -0.39 is 11.7 Å². The van der Waals surface area contributed by atoms with Crippen LogP contribution in [0.15, 0.2) is 52.3 Å². The van der Waals surface area contributed by atoms with Gasteiger partial charge in [-0.3, -0.25) is 4.79 Å². The van der Waals surface area contributed by atoms with Crippen molar-refractivity contribution >= 4 is 29.1 Å². The van der Waals surface area contributed by atoms with Crippen LogP contribution in [0.1, 0.15) is 77.2 Å². The van der Waals surface area contributed by atoms with Crippen LogP contribution in [-0.4, -0.2) is 43.7 Å². The molecule has 8 heteroatoms. The van der Waals surface area contributed by atoms with Gasteiger partial charge in [0.25, 0.3) is 0 Å². The van der Waals surface area contributed by atoms with Crippen LogP contribution in [0.4, 0.5) is 24.5 Å². The number of fused-ring (bicyclic) bond motifs is 2. The molecule has 1 saturated heterocycles. The zero-order chi connectivity index (χ0) is 27.9. The summed E-state index contributed by atoms with van der Waals surface area (Å²) >= 11 is 1.53. The highest BCUT2D eigenvalue weighted by Gasteiger charge is 2.34. The first-order valence-electron chi connectivity index (χ1n) is 14.3. The molecule has 4 rings (SSSR count). The molecule has 2 heterocycles. The quantitative estimate of drug-likeness (QED) is 0.191. The van der Waals surface area contributed by atoms with Crippen LogP contribution in [0.2, 0.25) is 0 Å². The average Bonchev–Trinajstić information content (AvgIpc) is 2.91. The van der Waals surface area contributed by atoms with E-state index in [0.717, 1.165) is 80.1 Å². The maximum Gasteiger partial charge on any atom is 0.416 e. The van der Waals surface area contributed by atoms with Crippen molar-refractivity contribution in [3.63, 3.8) is 0 Å². The van der Waals surface area contributed by atoms with Crippen molar-refractivity contribution in [2.45, 2.75) is 87.6 Å². The number of piperidine rings is 1. The van der Waals surface area contributed by atoms with Gasteiger partial charge >= 0.3 is 12.1 Å². The number of rotatable bonds is 12. The van der Waals surface area contributed by atoms with Crippen LogP contribution in [0, 0.1) is 5.41 Å². The smallest absolute Gasteiger partial charge is 0.416 e. The number of anilines is 2. The molecule has 0 radical (unpaired) electrons. The van der Waals surface area contributed by atoms with Crippen LogP contribution in [0.25, 0.3) is 0 Å². The molecule has 2 aromatic rings. The fourth-order valence-electron chi connectivity index (χ4n) is 5.44. The number of nitrogens with zero attached hydrogens (tertiary/aromatic N) is 2. The Kier molecular flexibility index (Phi) is 10.3. The maximum absolute atomic E-state index is 13.5. The molecule has 2 aliphatic heterocycles. The molecule has 1 fully saturated rings. The molecule has 39 heavy (non-hydrogen) atoms. The molecule has 4 nitrogen and oxygen atoms in total. The molecule has 0 atom stereocenters. The van der Waals surface area contributed by atoms with E-state index in [2.05, 4.69) is 23.6 Å².